The minimum atomic E-state index is 0. The van der Waals surface area contributed by atoms with Crippen LogP contribution in [0.15, 0.2) is 0 Å². The molecule has 0 saturated carbocycles. The summed E-state index contributed by atoms with van der Waals surface area (Å²) in [4.78, 5) is 27.8. The van der Waals surface area contributed by atoms with Crippen molar-refractivity contribution in [3.63, 3.8) is 0 Å². The first-order valence-corrected chi connectivity index (χ1v) is 25.3. The van der Waals surface area contributed by atoms with Crippen LogP contribution in [0.2, 0.25) is 0 Å². The Kier molecular flexibility index (Phi) is 57.3. The molecule has 5 fully saturated rings. The molecule has 0 aromatic carbocycles. The van der Waals surface area contributed by atoms with Gasteiger partial charge in [0.2, 0.25) is 5.91 Å². The van der Waals surface area contributed by atoms with Crippen molar-refractivity contribution < 1.29 is 9.53 Å². The number of hydrogen-bond acceptors (Lipinski definition) is 8. The summed E-state index contributed by atoms with van der Waals surface area (Å²) >= 11 is 0. The predicted octanol–water partition coefficient (Wildman–Crippen LogP) is 11.6. The summed E-state index contributed by atoms with van der Waals surface area (Å²) in [6.07, 6.45) is 8.16. The lowest BCUT2D eigenvalue weighted by Gasteiger charge is -2.36. The SMILES string of the molecule is C.C.CC.CC.CC.CC.CC(=O)N1CCN(C(C)C)CC1.CC(C)C1CCOCC1.CC(C)N1CCCCC1.CC(C)N1CCCN(C)CC1.CC(C)N1CCN(C)CC1. The Bertz CT molecular complexity index is 808. The molecule has 5 saturated heterocycles. The van der Waals surface area contributed by atoms with Crippen molar-refractivity contribution in [2.24, 2.45) is 11.8 Å². The van der Waals surface area contributed by atoms with Gasteiger partial charge in [-0.05, 0) is 140 Å². The third-order valence-electron chi connectivity index (χ3n) is 11.6. The van der Waals surface area contributed by atoms with Crippen molar-refractivity contribution in [2.75, 3.05) is 119 Å². The number of rotatable bonds is 5. The van der Waals surface area contributed by atoms with E-state index in [4.69, 9.17) is 4.74 Å². The fourth-order valence-electron chi connectivity index (χ4n) is 7.29. The van der Waals surface area contributed by atoms with Crippen LogP contribution in [0, 0.1) is 11.8 Å². The Balaban J connectivity index is -0.000000148. The van der Waals surface area contributed by atoms with Crippen LogP contribution in [-0.4, -0.2) is 183 Å². The molecular formula is C52H121N7O2. The van der Waals surface area contributed by atoms with Crippen molar-refractivity contribution in [1.82, 2.24) is 34.3 Å². The van der Waals surface area contributed by atoms with Gasteiger partial charge < -0.3 is 24.3 Å². The van der Waals surface area contributed by atoms with E-state index in [1.165, 1.54) is 104 Å². The van der Waals surface area contributed by atoms with Crippen LogP contribution < -0.4 is 0 Å². The molecule has 9 nitrogen and oxygen atoms in total. The van der Waals surface area contributed by atoms with E-state index in [0.29, 0.717) is 6.04 Å². The lowest BCUT2D eigenvalue weighted by atomic mass is 9.89. The van der Waals surface area contributed by atoms with E-state index in [2.05, 4.69) is 113 Å². The van der Waals surface area contributed by atoms with Crippen molar-refractivity contribution in [3.8, 4) is 0 Å². The minimum absolute atomic E-state index is 0. The molecule has 0 bridgehead atoms. The molecule has 0 N–H and O–H groups in total. The molecule has 9 heteroatoms. The number of carbonyl (C=O) groups excluding carboxylic acids is 1. The molecule has 61 heavy (non-hydrogen) atoms. The van der Waals surface area contributed by atoms with Crippen LogP contribution >= 0.6 is 0 Å². The van der Waals surface area contributed by atoms with Crippen LogP contribution in [0.25, 0.3) is 0 Å². The number of piperidine rings is 1. The van der Waals surface area contributed by atoms with Crippen LogP contribution in [0.3, 0.4) is 0 Å². The summed E-state index contributed by atoms with van der Waals surface area (Å²) in [7, 11) is 4.40. The van der Waals surface area contributed by atoms with E-state index in [-0.39, 0.29) is 20.8 Å². The number of piperazine rings is 2. The van der Waals surface area contributed by atoms with Crippen LogP contribution in [0.5, 0.6) is 0 Å². The number of likely N-dealkylation sites (N-methyl/N-ethyl adjacent to an activating group) is 2. The zero-order valence-electron chi connectivity index (χ0n) is 44.5. The number of hydrogen-bond donors (Lipinski definition) is 0. The van der Waals surface area contributed by atoms with Crippen molar-refractivity contribution in [2.45, 2.75) is 209 Å². The Hall–Kier alpha value is -0.810. The van der Waals surface area contributed by atoms with Crippen molar-refractivity contribution in [3.05, 3.63) is 0 Å². The molecule has 0 aromatic rings. The van der Waals surface area contributed by atoms with Gasteiger partial charge in [0.05, 0.1) is 0 Å². The summed E-state index contributed by atoms with van der Waals surface area (Å²) in [6.45, 7) is 58.8. The zero-order chi connectivity index (χ0) is 46.3. The molecule has 5 aliphatic rings. The number of amides is 1. The maximum atomic E-state index is 11.0. The second kappa shape index (κ2) is 48.6. The van der Waals surface area contributed by atoms with Crippen molar-refractivity contribution in [1.29, 1.82) is 0 Å². The van der Waals surface area contributed by atoms with Crippen LogP contribution in [0.4, 0.5) is 0 Å². The number of ether oxygens (including phenoxy) is 1. The largest absolute Gasteiger partial charge is 0.381 e. The fourth-order valence-corrected chi connectivity index (χ4v) is 7.29. The molecular weight excluding hydrogens is 755 g/mol. The van der Waals surface area contributed by atoms with Crippen LogP contribution in [-0.2, 0) is 9.53 Å². The first kappa shape index (κ1) is 71.8. The highest BCUT2D eigenvalue weighted by Gasteiger charge is 2.20. The Labute approximate surface area is 388 Å². The van der Waals surface area contributed by atoms with Gasteiger partial charge >= 0.3 is 0 Å². The highest BCUT2D eigenvalue weighted by Crippen LogP contribution is 2.22. The summed E-state index contributed by atoms with van der Waals surface area (Å²) in [6, 6.07) is 2.83. The summed E-state index contributed by atoms with van der Waals surface area (Å²) in [5.74, 6) is 1.99. The number of carbonyl (C=O) groups is 1. The molecule has 5 rings (SSSR count). The molecule has 376 valence electrons. The quantitative estimate of drug-likeness (QED) is 0.271. The topological polar surface area (TPSA) is 49.0 Å². The van der Waals surface area contributed by atoms with Gasteiger partial charge in [0, 0.05) is 110 Å². The Morgan fingerprint density at radius 2 is 0.721 bits per heavy atom. The molecule has 0 aromatic heterocycles. The maximum Gasteiger partial charge on any atom is 0.219 e. The Morgan fingerprint density at radius 3 is 1.02 bits per heavy atom. The van der Waals surface area contributed by atoms with E-state index in [9.17, 15) is 4.79 Å². The summed E-state index contributed by atoms with van der Waals surface area (Å²) in [5, 5.41) is 0. The molecule has 1 amide bonds. The van der Waals surface area contributed by atoms with E-state index in [1.807, 2.05) is 60.3 Å². The van der Waals surface area contributed by atoms with Gasteiger partial charge in [-0.1, -0.05) is 90.5 Å². The molecule has 5 heterocycles. The molecule has 0 unspecified atom stereocenters. The van der Waals surface area contributed by atoms with Crippen LogP contribution in [0.1, 0.15) is 185 Å². The highest BCUT2D eigenvalue weighted by molar-refractivity contribution is 5.73. The molecule has 0 atom stereocenters. The van der Waals surface area contributed by atoms with Gasteiger partial charge in [0.1, 0.15) is 0 Å². The predicted molar refractivity (Wildman–Crippen MR) is 280 cm³/mol. The maximum absolute atomic E-state index is 11.0. The fraction of sp³-hybridized carbons (Fsp3) is 0.981. The average molecular weight is 877 g/mol. The van der Waals surface area contributed by atoms with E-state index in [1.54, 1.807) is 6.92 Å². The highest BCUT2D eigenvalue weighted by atomic mass is 16.5. The number of likely N-dealkylation sites (tertiary alicyclic amines) is 1. The average Bonchev–Trinajstić information content (AvgIpc) is 3.50. The lowest BCUT2D eigenvalue weighted by Crippen LogP contribution is -2.50. The third kappa shape index (κ3) is 39.3. The van der Waals surface area contributed by atoms with Gasteiger partial charge in [-0.2, -0.15) is 0 Å². The number of nitrogens with zero attached hydrogens (tertiary/aromatic N) is 7. The molecule has 0 spiro atoms. The third-order valence-corrected chi connectivity index (χ3v) is 11.6. The second-order valence-electron chi connectivity index (χ2n) is 17.2. The molecule has 0 aliphatic carbocycles. The molecule has 0 radical (unpaired) electrons. The normalized spacial score (nSPS) is 19.4. The first-order valence-electron chi connectivity index (χ1n) is 25.3. The van der Waals surface area contributed by atoms with Gasteiger partial charge in [-0.25, -0.2) is 0 Å². The minimum Gasteiger partial charge on any atom is -0.381 e. The monoisotopic (exact) mass is 876 g/mol. The van der Waals surface area contributed by atoms with Gasteiger partial charge in [0.15, 0.2) is 0 Å². The van der Waals surface area contributed by atoms with Crippen molar-refractivity contribution >= 4 is 5.91 Å². The zero-order valence-corrected chi connectivity index (χ0v) is 44.5. The smallest absolute Gasteiger partial charge is 0.219 e. The lowest BCUT2D eigenvalue weighted by molar-refractivity contribution is -0.130. The van der Waals surface area contributed by atoms with Gasteiger partial charge in [0.25, 0.3) is 0 Å². The van der Waals surface area contributed by atoms with E-state index < -0.39 is 0 Å². The summed E-state index contributed by atoms with van der Waals surface area (Å²) in [5.41, 5.74) is 0. The van der Waals surface area contributed by atoms with E-state index >= 15 is 0 Å². The summed E-state index contributed by atoms with van der Waals surface area (Å²) < 4.78 is 5.25. The molecule has 5 aliphatic heterocycles. The Morgan fingerprint density at radius 1 is 0.426 bits per heavy atom. The van der Waals surface area contributed by atoms with Gasteiger partial charge in [-0.15, -0.1) is 0 Å². The van der Waals surface area contributed by atoms with Gasteiger partial charge in [-0.3, -0.25) is 19.5 Å². The van der Waals surface area contributed by atoms with E-state index in [0.717, 1.165) is 69.4 Å². The second-order valence-corrected chi connectivity index (χ2v) is 17.2. The first-order chi connectivity index (χ1) is 28.1. The standard InChI is InChI=1S/C9H18N2O.C9H20N2.C8H18N2.C8H17N.C8H16O.4C2H6.2CH4/c1-8(2)10-4-6-11(7-5-10)9(3)12;1-9(2)11-6-4-5-10(3)7-8-11;1-8(2)10-6-4-9(3)5-7-10;1-8(2)9-6-4-3-5-7-9;1-7(2)8-3-5-9-6-4-8;4*1-2;;/h8H,4-7H2,1-3H3;9H,4-8H2,1-3H3;8H,4-7H2,1-3H3;8H,3-7H2,1-2H3;7-8H,3-6H2,1-2H3;4*1-2H3;2*1H4.